The second-order valence-corrected chi connectivity index (χ2v) is 3.60. The van der Waals surface area contributed by atoms with Crippen molar-refractivity contribution in [3.63, 3.8) is 0 Å². The number of aryl methyl sites for hydroxylation is 1. The summed E-state index contributed by atoms with van der Waals surface area (Å²) in [5.41, 5.74) is 6.46. The second-order valence-electron chi connectivity index (χ2n) is 3.16. The Morgan fingerprint density at radius 1 is 1.57 bits per heavy atom. The van der Waals surface area contributed by atoms with Crippen LogP contribution in [-0.4, -0.2) is 24.4 Å². The number of benzene rings is 1. The quantitative estimate of drug-likeness (QED) is 0.797. The van der Waals surface area contributed by atoms with Crippen LogP contribution in [0.15, 0.2) is 18.2 Å². The second kappa shape index (κ2) is 5.20. The number of nitrogens with two attached hydrogens (primary N) is 1. The predicted octanol–water partition coefficient (Wildman–Crippen LogP) is 1.35. The van der Waals surface area contributed by atoms with Crippen molar-refractivity contribution >= 4 is 11.6 Å². The summed E-state index contributed by atoms with van der Waals surface area (Å²) in [5.74, 6) is 0.748. The Bertz CT molecular complexity index is 304. The maximum Gasteiger partial charge on any atom is 0.122 e. The largest absolute Gasteiger partial charge is 0.492 e. The van der Waals surface area contributed by atoms with E-state index in [9.17, 15) is 0 Å². The van der Waals surface area contributed by atoms with E-state index in [1.165, 1.54) is 0 Å². The van der Waals surface area contributed by atoms with Crippen LogP contribution in [0.3, 0.4) is 0 Å². The highest BCUT2D eigenvalue weighted by Gasteiger charge is 2.04. The van der Waals surface area contributed by atoms with Crippen LogP contribution in [0.4, 0.5) is 0 Å². The van der Waals surface area contributed by atoms with Gasteiger partial charge in [-0.3, -0.25) is 0 Å². The zero-order valence-electron chi connectivity index (χ0n) is 8.03. The maximum absolute atomic E-state index is 8.70. The molecule has 3 N–H and O–H groups in total. The molecule has 0 saturated heterocycles. The molecule has 0 amide bonds. The van der Waals surface area contributed by atoms with Gasteiger partial charge in [0.05, 0.1) is 12.6 Å². The zero-order chi connectivity index (χ0) is 10.6. The van der Waals surface area contributed by atoms with Gasteiger partial charge in [-0.15, -0.1) is 0 Å². The minimum absolute atomic E-state index is 0.0767. The van der Waals surface area contributed by atoms with Gasteiger partial charge in [-0.2, -0.15) is 0 Å². The average Bonchev–Trinajstić information content (AvgIpc) is 2.16. The van der Waals surface area contributed by atoms with Crippen molar-refractivity contribution in [2.75, 3.05) is 13.2 Å². The number of aliphatic hydroxyl groups is 1. The van der Waals surface area contributed by atoms with Crippen LogP contribution in [0, 0.1) is 6.92 Å². The molecule has 14 heavy (non-hydrogen) atoms. The first kappa shape index (κ1) is 11.3. The van der Waals surface area contributed by atoms with E-state index in [0.29, 0.717) is 11.6 Å². The Labute approximate surface area is 88.4 Å². The molecule has 3 nitrogen and oxygen atoms in total. The summed E-state index contributed by atoms with van der Waals surface area (Å²) >= 11 is 5.79. The summed E-state index contributed by atoms with van der Waals surface area (Å²) in [4.78, 5) is 0. The molecular formula is C10H14ClNO2. The summed E-state index contributed by atoms with van der Waals surface area (Å²) < 4.78 is 5.40. The lowest BCUT2D eigenvalue weighted by Crippen LogP contribution is -2.31. The molecule has 0 aliphatic carbocycles. The monoisotopic (exact) mass is 215 g/mol. The highest BCUT2D eigenvalue weighted by atomic mass is 35.5. The Morgan fingerprint density at radius 2 is 2.29 bits per heavy atom. The first-order valence-electron chi connectivity index (χ1n) is 4.39. The molecule has 0 aliphatic rings. The number of aliphatic hydroxyl groups excluding tert-OH is 1. The van der Waals surface area contributed by atoms with Crippen molar-refractivity contribution in [3.05, 3.63) is 28.8 Å². The lowest BCUT2D eigenvalue weighted by Gasteiger charge is -2.12. The van der Waals surface area contributed by atoms with E-state index < -0.39 is 0 Å². The van der Waals surface area contributed by atoms with E-state index in [2.05, 4.69) is 0 Å². The third-order valence-corrected chi connectivity index (χ3v) is 2.06. The van der Waals surface area contributed by atoms with E-state index >= 15 is 0 Å². The van der Waals surface area contributed by atoms with Gasteiger partial charge in [0.2, 0.25) is 0 Å². The Morgan fingerprint density at radius 3 is 2.86 bits per heavy atom. The molecule has 0 fully saturated rings. The summed E-state index contributed by atoms with van der Waals surface area (Å²) in [7, 11) is 0. The number of halogens is 1. The minimum Gasteiger partial charge on any atom is -0.492 e. The summed E-state index contributed by atoms with van der Waals surface area (Å²) in [6.07, 6.45) is 0. The summed E-state index contributed by atoms with van der Waals surface area (Å²) in [6, 6.07) is 5.03. The van der Waals surface area contributed by atoms with Crippen LogP contribution in [0.25, 0.3) is 0 Å². The molecule has 0 radical (unpaired) electrons. The highest BCUT2D eigenvalue weighted by Crippen LogP contribution is 2.21. The van der Waals surface area contributed by atoms with Gasteiger partial charge >= 0.3 is 0 Å². The zero-order valence-corrected chi connectivity index (χ0v) is 8.79. The Kier molecular flexibility index (Phi) is 4.20. The number of ether oxygens (including phenoxy) is 1. The van der Waals surface area contributed by atoms with Gasteiger partial charge < -0.3 is 15.6 Å². The van der Waals surface area contributed by atoms with Crippen molar-refractivity contribution in [1.82, 2.24) is 0 Å². The van der Waals surface area contributed by atoms with Gasteiger partial charge in [0.15, 0.2) is 0 Å². The van der Waals surface area contributed by atoms with E-state index in [1.54, 1.807) is 12.1 Å². The topological polar surface area (TPSA) is 55.5 Å². The third-order valence-electron chi connectivity index (χ3n) is 1.82. The van der Waals surface area contributed by atoms with Gasteiger partial charge in [-0.1, -0.05) is 11.6 Å². The van der Waals surface area contributed by atoms with Crippen LogP contribution in [0.5, 0.6) is 5.75 Å². The van der Waals surface area contributed by atoms with Crippen molar-refractivity contribution in [3.8, 4) is 5.75 Å². The molecule has 1 rings (SSSR count). The highest BCUT2D eigenvalue weighted by molar-refractivity contribution is 6.30. The summed E-state index contributed by atoms with van der Waals surface area (Å²) in [5, 5.41) is 9.38. The maximum atomic E-state index is 8.70. The first-order chi connectivity index (χ1) is 6.63. The van der Waals surface area contributed by atoms with Crippen LogP contribution in [0.1, 0.15) is 5.56 Å². The van der Waals surface area contributed by atoms with Crippen molar-refractivity contribution < 1.29 is 9.84 Å². The third kappa shape index (κ3) is 3.18. The van der Waals surface area contributed by atoms with Crippen LogP contribution < -0.4 is 10.5 Å². The smallest absolute Gasteiger partial charge is 0.122 e. The molecule has 1 aromatic rings. The van der Waals surface area contributed by atoms with Gasteiger partial charge in [0.25, 0.3) is 0 Å². The SMILES string of the molecule is Cc1cc(Cl)ccc1OCC(N)CO. The molecule has 0 saturated carbocycles. The standard InChI is InChI=1S/C10H14ClNO2/c1-7-4-8(11)2-3-10(7)14-6-9(12)5-13/h2-4,9,13H,5-6,12H2,1H3. The lowest BCUT2D eigenvalue weighted by molar-refractivity contribution is 0.206. The van der Waals surface area contributed by atoms with Crippen molar-refractivity contribution in [2.45, 2.75) is 13.0 Å². The van der Waals surface area contributed by atoms with Crippen LogP contribution in [-0.2, 0) is 0 Å². The molecule has 1 atom stereocenters. The lowest BCUT2D eigenvalue weighted by atomic mass is 10.2. The van der Waals surface area contributed by atoms with Gasteiger partial charge in [-0.05, 0) is 30.7 Å². The van der Waals surface area contributed by atoms with E-state index in [0.717, 1.165) is 11.3 Å². The molecular weight excluding hydrogens is 202 g/mol. The fourth-order valence-electron chi connectivity index (χ4n) is 1.02. The fraction of sp³-hybridized carbons (Fsp3) is 0.400. The van der Waals surface area contributed by atoms with Gasteiger partial charge in [0.1, 0.15) is 12.4 Å². The fourth-order valence-corrected chi connectivity index (χ4v) is 1.25. The minimum atomic E-state index is -0.343. The Hall–Kier alpha value is -0.770. The van der Waals surface area contributed by atoms with E-state index in [-0.39, 0.29) is 12.6 Å². The van der Waals surface area contributed by atoms with E-state index in [1.807, 2.05) is 13.0 Å². The van der Waals surface area contributed by atoms with Crippen LogP contribution >= 0.6 is 11.6 Å². The molecule has 78 valence electrons. The number of hydrogen-bond donors (Lipinski definition) is 2. The Balaban J connectivity index is 2.59. The number of hydrogen-bond acceptors (Lipinski definition) is 3. The van der Waals surface area contributed by atoms with Crippen molar-refractivity contribution in [1.29, 1.82) is 0 Å². The normalized spacial score (nSPS) is 12.6. The molecule has 1 aromatic carbocycles. The average molecular weight is 216 g/mol. The van der Waals surface area contributed by atoms with Crippen LogP contribution in [0.2, 0.25) is 5.02 Å². The molecule has 0 aromatic heterocycles. The molecule has 0 bridgehead atoms. The van der Waals surface area contributed by atoms with Gasteiger partial charge in [-0.25, -0.2) is 0 Å². The molecule has 4 heteroatoms. The molecule has 0 spiro atoms. The molecule has 0 aliphatic heterocycles. The van der Waals surface area contributed by atoms with E-state index in [4.69, 9.17) is 27.2 Å². The summed E-state index contributed by atoms with van der Waals surface area (Å²) in [6.45, 7) is 2.14. The first-order valence-corrected chi connectivity index (χ1v) is 4.76. The molecule has 0 heterocycles. The van der Waals surface area contributed by atoms with Gasteiger partial charge in [0, 0.05) is 5.02 Å². The van der Waals surface area contributed by atoms with Crippen molar-refractivity contribution in [2.24, 2.45) is 5.73 Å². The molecule has 1 unspecified atom stereocenters. The predicted molar refractivity (Wildman–Crippen MR) is 56.7 cm³/mol. The number of rotatable bonds is 4.